The van der Waals surface area contributed by atoms with E-state index < -0.39 is 0 Å². The highest BCUT2D eigenvalue weighted by molar-refractivity contribution is 9.10. The van der Waals surface area contributed by atoms with Crippen LogP contribution in [0.25, 0.3) is 0 Å². The quantitative estimate of drug-likeness (QED) is 0.281. The molecule has 1 aliphatic rings. The number of thioether (sulfide) groups is 1. The molecule has 2 N–H and O–H groups in total. The van der Waals surface area contributed by atoms with Crippen LogP contribution in [0.3, 0.4) is 0 Å². The normalized spacial score (nSPS) is 17.4. The van der Waals surface area contributed by atoms with Gasteiger partial charge in [0.2, 0.25) is 5.91 Å². The molecule has 1 amide bonds. The molecule has 0 spiro atoms. The van der Waals surface area contributed by atoms with Gasteiger partial charge in [0.05, 0.1) is 0 Å². The molecule has 0 aromatic heterocycles. The molecule has 1 saturated heterocycles. The van der Waals surface area contributed by atoms with Crippen LogP contribution in [-0.4, -0.2) is 55.2 Å². The third-order valence-corrected chi connectivity index (χ3v) is 6.48. The van der Waals surface area contributed by atoms with E-state index in [1.165, 1.54) is 9.37 Å². The maximum absolute atomic E-state index is 11.8. The monoisotopic (exact) mass is 440 g/mol. The molecule has 2 rings (SSSR count). The summed E-state index contributed by atoms with van der Waals surface area (Å²) in [6.07, 6.45) is 3.81. The molecule has 1 fully saturated rings. The molecule has 1 unspecified atom stereocenters. The summed E-state index contributed by atoms with van der Waals surface area (Å²) in [6, 6.07) is 8.63. The molecule has 1 atom stereocenters. The zero-order valence-corrected chi connectivity index (χ0v) is 18.0. The Morgan fingerprint density at radius 1 is 1.38 bits per heavy atom. The molecule has 1 aromatic rings. The molecular weight excluding hydrogens is 412 g/mol. The molecule has 0 bridgehead atoms. The van der Waals surface area contributed by atoms with Crippen molar-refractivity contribution in [1.29, 1.82) is 0 Å². The number of unbranched alkanes of at least 4 members (excludes halogenated alkanes) is 1. The van der Waals surface area contributed by atoms with Crippen LogP contribution in [-0.2, 0) is 4.79 Å². The van der Waals surface area contributed by atoms with E-state index in [1.54, 1.807) is 7.05 Å². The molecule has 1 aliphatic heterocycles. The highest BCUT2D eigenvalue weighted by Crippen LogP contribution is 2.27. The van der Waals surface area contributed by atoms with Gasteiger partial charge in [0.25, 0.3) is 0 Å². The standard InChI is InChI=1S/C19H29BrN4OS/c1-3-18(25)24-12-10-15(14-24)23-19(21-2)22-11-6-7-13-26-17-9-5-4-8-16(17)20/h4-5,8-9,15H,3,6-7,10-14H2,1-2H3,(H2,21,22,23). The number of halogens is 1. The van der Waals surface area contributed by atoms with Crippen molar-refractivity contribution in [3.63, 3.8) is 0 Å². The largest absolute Gasteiger partial charge is 0.356 e. The Labute approximate surface area is 169 Å². The Hall–Kier alpha value is -1.21. The van der Waals surface area contributed by atoms with Gasteiger partial charge in [-0.2, -0.15) is 0 Å². The van der Waals surface area contributed by atoms with Crippen LogP contribution in [0.2, 0.25) is 0 Å². The van der Waals surface area contributed by atoms with Gasteiger partial charge in [0.15, 0.2) is 5.96 Å². The predicted molar refractivity (Wildman–Crippen MR) is 114 cm³/mol. The minimum absolute atomic E-state index is 0.236. The number of benzene rings is 1. The van der Waals surface area contributed by atoms with Gasteiger partial charge in [-0.05, 0) is 53.1 Å². The van der Waals surface area contributed by atoms with Crippen molar-refractivity contribution in [2.75, 3.05) is 32.4 Å². The summed E-state index contributed by atoms with van der Waals surface area (Å²) in [6.45, 7) is 4.43. The fourth-order valence-electron chi connectivity index (χ4n) is 2.89. The first-order chi connectivity index (χ1) is 12.6. The lowest BCUT2D eigenvalue weighted by molar-refractivity contribution is -0.129. The maximum atomic E-state index is 11.8. The summed E-state index contributed by atoms with van der Waals surface area (Å²) in [5, 5.41) is 6.81. The van der Waals surface area contributed by atoms with Crippen LogP contribution in [0.1, 0.15) is 32.6 Å². The van der Waals surface area contributed by atoms with Crippen LogP contribution >= 0.6 is 27.7 Å². The number of nitrogens with one attached hydrogen (secondary N) is 2. The lowest BCUT2D eigenvalue weighted by atomic mass is 10.3. The van der Waals surface area contributed by atoms with E-state index in [0.717, 1.165) is 50.6 Å². The van der Waals surface area contributed by atoms with Crippen molar-refractivity contribution in [2.45, 2.75) is 43.5 Å². The third kappa shape index (κ3) is 6.83. The van der Waals surface area contributed by atoms with Crippen molar-refractivity contribution in [2.24, 2.45) is 4.99 Å². The summed E-state index contributed by atoms with van der Waals surface area (Å²) in [5.41, 5.74) is 0. The van der Waals surface area contributed by atoms with E-state index >= 15 is 0 Å². The zero-order valence-electron chi connectivity index (χ0n) is 15.6. The van der Waals surface area contributed by atoms with Gasteiger partial charge in [0, 0.05) is 48.5 Å². The summed E-state index contributed by atoms with van der Waals surface area (Å²) in [4.78, 5) is 19.3. The predicted octanol–water partition coefficient (Wildman–Crippen LogP) is 3.50. The molecule has 5 nitrogen and oxygen atoms in total. The summed E-state index contributed by atoms with van der Waals surface area (Å²) < 4.78 is 1.17. The van der Waals surface area contributed by atoms with Gasteiger partial charge < -0.3 is 15.5 Å². The molecular formula is C19H29BrN4OS. The number of rotatable bonds is 8. The zero-order chi connectivity index (χ0) is 18.8. The SMILES string of the molecule is CCC(=O)N1CCC(NC(=NC)NCCCCSc2ccccc2Br)C1. The van der Waals surface area contributed by atoms with Gasteiger partial charge >= 0.3 is 0 Å². The number of aliphatic imine (C=N–C) groups is 1. The van der Waals surface area contributed by atoms with Gasteiger partial charge in [-0.1, -0.05) is 19.1 Å². The average molecular weight is 441 g/mol. The molecule has 0 saturated carbocycles. The van der Waals surface area contributed by atoms with E-state index in [-0.39, 0.29) is 5.91 Å². The van der Waals surface area contributed by atoms with Crippen LogP contribution < -0.4 is 10.6 Å². The van der Waals surface area contributed by atoms with Gasteiger partial charge in [-0.15, -0.1) is 11.8 Å². The molecule has 1 heterocycles. The third-order valence-electron chi connectivity index (χ3n) is 4.37. The second-order valence-electron chi connectivity index (χ2n) is 6.31. The number of nitrogens with zero attached hydrogens (tertiary/aromatic N) is 2. The van der Waals surface area contributed by atoms with Crippen molar-refractivity contribution < 1.29 is 4.79 Å². The number of amides is 1. The minimum atomic E-state index is 0.236. The summed E-state index contributed by atoms with van der Waals surface area (Å²) in [5.74, 6) is 2.17. The number of likely N-dealkylation sites (tertiary alicyclic amines) is 1. The average Bonchev–Trinajstić information content (AvgIpc) is 3.12. The van der Waals surface area contributed by atoms with Crippen molar-refractivity contribution in [3.05, 3.63) is 28.7 Å². The molecule has 1 aromatic carbocycles. The van der Waals surface area contributed by atoms with E-state index in [2.05, 4.69) is 49.8 Å². The smallest absolute Gasteiger partial charge is 0.222 e. The Bertz CT molecular complexity index is 611. The highest BCUT2D eigenvalue weighted by Gasteiger charge is 2.25. The molecule has 0 radical (unpaired) electrons. The van der Waals surface area contributed by atoms with Crippen molar-refractivity contribution in [1.82, 2.24) is 15.5 Å². The number of carbonyl (C=O) groups is 1. The lowest BCUT2D eigenvalue weighted by Gasteiger charge is -2.18. The molecule has 7 heteroatoms. The van der Waals surface area contributed by atoms with Gasteiger partial charge in [-0.25, -0.2) is 0 Å². The van der Waals surface area contributed by atoms with E-state index in [9.17, 15) is 4.79 Å². The first-order valence-corrected chi connectivity index (χ1v) is 11.0. The van der Waals surface area contributed by atoms with Gasteiger partial charge in [-0.3, -0.25) is 9.79 Å². The fourth-order valence-corrected chi connectivity index (χ4v) is 4.47. The number of hydrogen-bond acceptors (Lipinski definition) is 3. The van der Waals surface area contributed by atoms with Crippen LogP contribution in [0.5, 0.6) is 0 Å². The van der Waals surface area contributed by atoms with Crippen LogP contribution in [0, 0.1) is 0 Å². The number of hydrogen-bond donors (Lipinski definition) is 2. The molecule has 0 aliphatic carbocycles. The molecule has 26 heavy (non-hydrogen) atoms. The Morgan fingerprint density at radius 2 is 2.19 bits per heavy atom. The summed E-state index contributed by atoms with van der Waals surface area (Å²) in [7, 11) is 1.79. The number of carbonyl (C=O) groups excluding carboxylic acids is 1. The van der Waals surface area contributed by atoms with Gasteiger partial charge in [0.1, 0.15) is 0 Å². The second-order valence-corrected chi connectivity index (χ2v) is 8.30. The Morgan fingerprint density at radius 3 is 2.92 bits per heavy atom. The Kier molecular flexibility index (Phi) is 9.32. The molecule has 144 valence electrons. The Balaban J connectivity index is 1.59. The van der Waals surface area contributed by atoms with Crippen LogP contribution in [0.15, 0.2) is 38.6 Å². The van der Waals surface area contributed by atoms with E-state index in [1.807, 2.05) is 29.7 Å². The fraction of sp³-hybridized carbons (Fsp3) is 0.579. The lowest BCUT2D eigenvalue weighted by Crippen LogP contribution is -2.45. The minimum Gasteiger partial charge on any atom is -0.356 e. The maximum Gasteiger partial charge on any atom is 0.222 e. The van der Waals surface area contributed by atoms with E-state index in [0.29, 0.717) is 12.5 Å². The highest BCUT2D eigenvalue weighted by atomic mass is 79.9. The first-order valence-electron chi connectivity index (χ1n) is 9.26. The van der Waals surface area contributed by atoms with Crippen molar-refractivity contribution in [3.8, 4) is 0 Å². The summed E-state index contributed by atoms with van der Waals surface area (Å²) >= 11 is 5.47. The van der Waals surface area contributed by atoms with Crippen LogP contribution in [0.4, 0.5) is 0 Å². The second kappa shape index (κ2) is 11.5. The van der Waals surface area contributed by atoms with E-state index in [4.69, 9.17) is 0 Å². The van der Waals surface area contributed by atoms with Crippen molar-refractivity contribution >= 4 is 39.6 Å². The number of guanidine groups is 1. The topological polar surface area (TPSA) is 56.7 Å². The first kappa shape index (κ1) is 21.1.